The zero-order valence-corrected chi connectivity index (χ0v) is 14.8. The fraction of sp³-hybridized carbons (Fsp3) is 0.333. The van der Waals surface area contributed by atoms with Gasteiger partial charge in [0.1, 0.15) is 6.04 Å². The number of hydrogen-bond acceptors (Lipinski definition) is 3. The quantitative estimate of drug-likeness (QED) is 0.750. The number of hydrogen-bond donors (Lipinski definition) is 2. The third kappa shape index (κ3) is 2.59. The molecule has 2 aromatic heterocycles. The van der Waals surface area contributed by atoms with E-state index in [0.29, 0.717) is 25.6 Å². The summed E-state index contributed by atoms with van der Waals surface area (Å²) < 4.78 is 1.87. The fourth-order valence-corrected chi connectivity index (χ4v) is 4.95. The number of para-hydroxylation sites is 1. The molecule has 3 aromatic rings. The van der Waals surface area contributed by atoms with Gasteiger partial charge in [-0.3, -0.25) is 14.5 Å². The minimum absolute atomic E-state index is 0.0436. The van der Waals surface area contributed by atoms with Gasteiger partial charge in [-0.05, 0) is 24.5 Å². The molecule has 5 rings (SSSR count). The monoisotopic (exact) mass is 363 g/mol. The minimum atomic E-state index is -0.829. The van der Waals surface area contributed by atoms with Crippen LogP contribution in [0.5, 0.6) is 0 Å². The summed E-state index contributed by atoms with van der Waals surface area (Å²) in [6, 6.07) is 12.5. The number of rotatable bonds is 3. The number of aliphatic carboxylic acids is 1. The van der Waals surface area contributed by atoms with Crippen molar-refractivity contribution in [3.8, 4) is 0 Å². The van der Waals surface area contributed by atoms with E-state index < -0.39 is 12.0 Å². The highest BCUT2D eigenvalue weighted by Gasteiger charge is 2.40. The van der Waals surface area contributed by atoms with Crippen molar-refractivity contribution in [2.45, 2.75) is 24.9 Å². The summed E-state index contributed by atoms with van der Waals surface area (Å²) in [7, 11) is 0. The normalized spacial score (nSPS) is 23.1. The van der Waals surface area contributed by atoms with Gasteiger partial charge in [0, 0.05) is 60.0 Å². The Kier molecular flexibility index (Phi) is 3.68. The molecule has 138 valence electrons. The molecule has 0 amide bonds. The fourth-order valence-electron chi connectivity index (χ4n) is 4.95. The van der Waals surface area contributed by atoms with Crippen LogP contribution >= 0.6 is 0 Å². The van der Waals surface area contributed by atoms with E-state index >= 15 is 0 Å². The van der Waals surface area contributed by atoms with Crippen LogP contribution in [-0.2, 0) is 11.3 Å². The molecule has 2 aliphatic heterocycles. The van der Waals surface area contributed by atoms with E-state index in [1.54, 1.807) is 6.07 Å². The molecule has 1 saturated heterocycles. The van der Waals surface area contributed by atoms with Crippen molar-refractivity contribution >= 4 is 16.9 Å². The number of benzene rings is 1. The number of carbonyl (C=O) groups is 1. The highest BCUT2D eigenvalue weighted by molar-refractivity contribution is 5.89. The van der Waals surface area contributed by atoms with Crippen molar-refractivity contribution in [1.29, 1.82) is 0 Å². The number of aromatic nitrogens is 2. The van der Waals surface area contributed by atoms with Crippen molar-refractivity contribution in [2.24, 2.45) is 5.92 Å². The third-order valence-electron chi connectivity index (χ3n) is 6.02. The van der Waals surface area contributed by atoms with Crippen LogP contribution < -0.4 is 5.56 Å². The average molecular weight is 363 g/mol. The number of nitrogens with zero attached hydrogens (tertiary/aromatic N) is 2. The maximum atomic E-state index is 12.2. The van der Waals surface area contributed by atoms with Gasteiger partial charge in [0.15, 0.2) is 0 Å². The SMILES string of the molecule is O=C(O)C(c1c[nH]c2ccccc12)N1C[C@@H]2C[C@@H](C1)c1cccc(=O)n1C2. The van der Waals surface area contributed by atoms with Crippen LogP contribution in [0.3, 0.4) is 0 Å². The molecule has 1 fully saturated rings. The van der Waals surface area contributed by atoms with Crippen LogP contribution in [0.2, 0.25) is 0 Å². The van der Waals surface area contributed by atoms with Crippen molar-refractivity contribution in [3.05, 3.63) is 70.3 Å². The standard InChI is InChI=1S/C21H21N3O3/c25-19-7-3-6-18-14-8-13(11-24(18)19)10-23(12-14)20(21(26)27)16-9-22-17-5-2-1-4-15(16)17/h1-7,9,13-14,20,22H,8,10-12H2,(H,26,27)/t13-,14-,20?/m0/s1. The van der Waals surface area contributed by atoms with Crippen LogP contribution in [0.1, 0.15) is 29.6 Å². The van der Waals surface area contributed by atoms with E-state index in [4.69, 9.17) is 0 Å². The second-order valence-electron chi connectivity index (χ2n) is 7.68. The number of pyridine rings is 1. The van der Waals surface area contributed by atoms with Crippen LogP contribution in [0.15, 0.2) is 53.5 Å². The largest absolute Gasteiger partial charge is 0.480 e. The van der Waals surface area contributed by atoms with Gasteiger partial charge in [0.05, 0.1) is 0 Å². The van der Waals surface area contributed by atoms with E-state index in [9.17, 15) is 14.7 Å². The second kappa shape index (κ2) is 6.09. The maximum Gasteiger partial charge on any atom is 0.325 e. The average Bonchev–Trinajstić information content (AvgIpc) is 3.06. The lowest BCUT2D eigenvalue weighted by atomic mass is 9.82. The molecule has 4 heterocycles. The first kappa shape index (κ1) is 16.3. The van der Waals surface area contributed by atoms with Crippen molar-refractivity contribution < 1.29 is 9.90 Å². The molecule has 2 aliphatic rings. The Bertz CT molecular complexity index is 1080. The summed E-state index contributed by atoms with van der Waals surface area (Å²) in [5.41, 5.74) is 2.84. The molecule has 1 aromatic carbocycles. The highest BCUT2D eigenvalue weighted by Crippen LogP contribution is 2.39. The number of H-pyrrole nitrogens is 1. The lowest BCUT2D eigenvalue weighted by molar-refractivity contribution is -0.144. The molecule has 0 radical (unpaired) electrons. The van der Waals surface area contributed by atoms with Crippen molar-refractivity contribution in [1.82, 2.24) is 14.5 Å². The molecule has 6 heteroatoms. The molecular weight excluding hydrogens is 342 g/mol. The first-order chi connectivity index (χ1) is 13.1. The van der Waals surface area contributed by atoms with Crippen LogP contribution in [-0.4, -0.2) is 38.6 Å². The number of likely N-dealkylation sites (tertiary alicyclic amines) is 1. The Morgan fingerprint density at radius 3 is 2.81 bits per heavy atom. The van der Waals surface area contributed by atoms with Gasteiger partial charge in [-0.15, -0.1) is 0 Å². The Morgan fingerprint density at radius 2 is 1.96 bits per heavy atom. The molecule has 2 N–H and O–H groups in total. The summed E-state index contributed by atoms with van der Waals surface area (Å²) >= 11 is 0. The van der Waals surface area contributed by atoms with Crippen molar-refractivity contribution in [3.63, 3.8) is 0 Å². The molecule has 0 saturated carbocycles. The summed E-state index contributed by atoms with van der Waals surface area (Å²) in [4.78, 5) is 29.7. The molecule has 6 nitrogen and oxygen atoms in total. The predicted molar refractivity (Wildman–Crippen MR) is 102 cm³/mol. The molecule has 27 heavy (non-hydrogen) atoms. The van der Waals surface area contributed by atoms with E-state index in [-0.39, 0.29) is 11.5 Å². The topological polar surface area (TPSA) is 78.3 Å². The Morgan fingerprint density at radius 1 is 1.11 bits per heavy atom. The Hall–Kier alpha value is -2.86. The maximum absolute atomic E-state index is 12.2. The minimum Gasteiger partial charge on any atom is -0.480 e. The van der Waals surface area contributed by atoms with Crippen LogP contribution in [0.4, 0.5) is 0 Å². The molecule has 1 unspecified atom stereocenters. The van der Waals surface area contributed by atoms with Gasteiger partial charge >= 0.3 is 5.97 Å². The van der Waals surface area contributed by atoms with Crippen LogP contribution in [0.25, 0.3) is 10.9 Å². The number of aromatic amines is 1. The smallest absolute Gasteiger partial charge is 0.325 e. The van der Waals surface area contributed by atoms with Gasteiger partial charge < -0.3 is 14.7 Å². The van der Waals surface area contributed by atoms with E-state index in [1.165, 1.54) is 0 Å². The Balaban J connectivity index is 1.54. The zero-order valence-electron chi connectivity index (χ0n) is 14.8. The highest BCUT2D eigenvalue weighted by atomic mass is 16.4. The summed E-state index contributed by atoms with van der Waals surface area (Å²) in [5, 5.41) is 11.0. The lowest BCUT2D eigenvalue weighted by Gasteiger charge is -2.44. The predicted octanol–water partition coefficient (Wildman–Crippen LogP) is 2.57. The van der Waals surface area contributed by atoms with E-state index in [1.807, 2.05) is 47.2 Å². The van der Waals surface area contributed by atoms with Crippen LogP contribution in [0, 0.1) is 5.92 Å². The first-order valence-corrected chi connectivity index (χ1v) is 9.34. The van der Waals surface area contributed by atoms with Gasteiger partial charge in [-0.25, -0.2) is 0 Å². The molecule has 0 spiro atoms. The van der Waals surface area contributed by atoms with Gasteiger partial charge in [-0.1, -0.05) is 24.3 Å². The summed E-state index contributed by atoms with van der Waals surface area (Å²) in [6.45, 7) is 2.01. The number of carboxylic acids is 1. The summed E-state index contributed by atoms with van der Waals surface area (Å²) in [6.07, 6.45) is 2.84. The third-order valence-corrected chi connectivity index (χ3v) is 6.02. The van der Waals surface area contributed by atoms with E-state index in [2.05, 4.69) is 9.88 Å². The number of fused-ring (bicyclic) bond motifs is 5. The van der Waals surface area contributed by atoms with Crippen molar-refractivity contribution in [2.75, 3.05) is 13.1 Å². The molecular formula is C21H21N3O3. The molecule has 3 atom stereocenters. The number of piperidine rings is 1. The second-order valence-corrected chi connectivity index (χ2v) is 7.68. The van der Waals surface area contributed by atoms with Gasteiger partial charge in [-0.2, -0.15) is 0 Å². The van der Waals surface area contributed by atoms with Gasteiger partial charge in [0.25, 0.3) is 5.56 Å². The lowest BCUT2D eigenvalue weighted by Crippen LogP contribution is -2.49. The van der Waals surface area contributed by atoms with Gasteiger partial charge in [0.2, 0.25) is 0 Å². The number of nitrogens with one attached hydrogen (secondary N) is 1. The number of carboxylic acid groups (broad SMARTS) is 1. The molecule has 0 aliphatic carbocycles. The molecule has 2 bridgehead atoms. The summed E-state index contributed by atoms with van der Waals surface area (Å²) in [5.74, 6) is -0.341. The zero-order chi connectivity index (χ0) is 18.5. The van der Waals surface area contributed by atoms with E-state index in [0.717, 1.165) is 28.6 Å². The Labute approximate surface area is 156 Å². The first-order valence-electron chi connectivity index (χ1n) is 9.34.